The number of hydrogen-bond acceptors (Lipinski definition) is 7. The van der Waals surface area contributed by atoms with Crippen LogP contribution in [-0.4, -0.2) is 46.9 Å². The van der Waals surface area contributed by atoms with Crippen LogP contribution in [0, 0.1) is 10.1 Å². The number of aromatic nitrogens is 2. The van der Waals surface area contributed by atoms with Gasteiger partial charge >= 0.3 is 0 Å². The first-order valence-corrected chi connectivity index (χ1v) is 12.6. The third-order valence-electron chi connectivity index (χ3n) is 6.63. The van der Waals surface area contributed by atoms with Crippen LogP contribution in [0.2, 0.25) is 0 Å². The quantitative estimate of drug-likeness (QED) is 0.272. The average Bonchev–Trinajstić information content (AvgIpc) is 2.97. The van der Waals surface area contributed by atoms with Crippen LogP contribution >= 0.6 is 0 Å². The number of nitro benzene ring substituents is 1. The van der Waals surface area contributed by atoms with E-state index in [4.69, 9.17) is 9.84 Å². The van der Waals surface area contributed by atoms with Crippen LogP contribution in [0.1, 0.15) is 18.9 Å². The number of amides is 1. The topological polar surface area (TPSA) is 120 Å². The van der Waals surface area contributed by atoms with E-state index in [0.29, 0.717) is 60.4 Å². The summed E-state index contributed by atoms with van der Waals surface area (Å²) in [5, 5.41) is 20.5. The van der Waals surface area contributed by atoms with Crippen LogP contribution in [0.25, 0.3) is 33.8 Å². The SMILES string of the molecule is C=Cc1cc(NC(=O)CC)cc(-c2nn(-c3cc(N4CCOCC4)ccc3[N+](=O)[O-])c(=O)c3ccccc23)c1. The van der Waals surface area contributed by atoms with Crippen molar-refractivity contribution in [2.24, 2.45) is 0 Å². The van der Waals surface area contributed by atoms with Gasteiger partial charge in [-0.3, -0.25) is 19.7 Å². The molecule has 0 unspecified atom stereocenters. The zero-order chi connectivity index (χ0) is 27.5. The first-order chi connectivity index (χ1) is 18.9. The minimum atomic E-state index is -0.516. The zero-order valence-electron chi connectivity index (χ0n) is 21.4. The number of ether oxygens (including phenoxy) is 1. The highest BCUT2D eigenvalue weighted by Gasteiger charge is 2.23. The Kier molecular flexibility index (Phi) is 7.20. The van der Waals surface area contributed by atoms with Gasteiger partial charge in [-0.2, -0.15) is 9.78 Å². The van der Waals surface area contributed by atoms with Gasteiger partial charge in [0.2, 0.25) is 5.91 Å². The van der Waals surface area contributed by atoms with Crippen LogP contribution in [0.4, 0.5) is 17.1 Å². The number of carbonyl (C=O) groups is 1. The average molecular weight is 526 g/mol. The van der Waals surface area contributed by atoms with Crippen LogP contribution in [0.15, 0.2) is 72.0 Å². The predicted octanol–water partition coefficient (Wildman–Crippen LogP) is 4.79. The molecule has 0 aliphatic carbocycles. The number of rotatable bonds is 7. The van der Waals surface area contributed by atoms with Crippen molar-refractivity contribution in [3.05, 3.63) is 93.3 Å². The van der Waals surface area contributed by atoms with Crippen molar-refractivity contribution in [3.8, 4) is 16.9 Å². The van der Waals surface area contributed by atoms with E-state index in [9.17, 15) is 19.7 Å². The molecule has 10 heteroatoms. The van der Waals surface area contributed by atoms with Gasteiger partial charge in [-0.05, 0) is 42.0 Å². The number of nitro groups is 1. The Morgan fingerprint density at radius 2 is 1.87 bits per heavy atom. The van der Waals surface area contributed by atoms with E-state index < -0.39 is 10.5 Å². The minimum absolute atomic E-state index is 0.0698. The molecule has 5 rings (SSSR count). The van der Waals surface area contributed by atoms with Gasteiger partial charge in [0.1, 0.15) is 5.69 Å². The van der Waals surface area contributed by atoms with Gasteiger partial charge in [0.25, 0.3) is 11.2 Å². The summed E-state index contributed by atoms with van der Waals surface area (Å²) in [5.41, 5.74) is 2.44. The molecule has 4 aromatic rings. The standard InChI is InChI=1S/C29H27N5O5/c1-3-19-15-20(17-21(16-19)30-27(35)4-2)28-23-7-5-6-8-24(23)29(36)33(31-28)26-18-22(9-10-25(26)34(37)38)32-11-13-39-14-12-32/h3,5-10,15-18H,1,4,11-14H2,2H3,(H,30,35). The Morgan fingerprint density at radius 1 is 1.13 bits per heavy atom. The smallest absolute Gasteiger partial charge is 0.295 e. The molecule has 2 heterocycles. The molecule has 1 N–H and O–H groups in total. The Balaban J connectivity index is 1.76. The molecule has 0 saturated carbocycles. The van der Waals surface area contributed by atoms with Gasteiger partial charge in [-0.15, -0.1) is 0 Å². The first kappa shape index (κ1) is 25.8. The number of carbonyl (C=O) groups excluding carboxylic acids is 1. The van der Waals surface area contributed by atoms with Crippen molar-refractivity contribution in [1.29, 1.82) is 0 Å². The lowest BCUT2D eigenvalue weighted by molar-refractivity contribution is -0.384. The zero-order valence-corrected chi connectivity index (χ0v) is 21.4. The Labute approximate surface area is 224 Å². The van der Waals surface area contributed by atoms with E-state index >= 15 is 0 Å². The van der Waals surface area contributed by atoms with Gasteiger partial charge in [-0.25, -0.2) is 0 Å². The molecule has 198 valence electrons. The maximum absolute atomic E-state index is 13.7. The summed E-state index contributed by atoms with van der Waals surface area (Å²) in [6.45, 7) is 7.96. The predicted molar refractivity (Wildman–Crippen MR) is 151 cm³/mol. The molecule has 1 amide bonds. The summed E-state index contributed by atoms with van der Waals surface area (Å²) in [4.78, 5) is 39.4. The lowest BCUT2D eigenvalue weighted by Crippen LogP contribution is -2.36. The van der Waals surface area contributed by atoms with Crippen LogP contribution in [0.5, 0.6) is 0 Å². The summed E-state index contributed by atoms with van der Waals surface area (Å²) in [6.07, 6.45) is 1.96. The molecular formula is C29H27N5O5. The number of nitrogens with zero attached hydrogens (tertiary/aromatic N) is 4. The number of anilines is 2. The molecular weight excluding hydrogens is 498 g/mol. The monoisotopic (exact) mass is 525 g/mol. The maximum Gasteiger partial charge on any atom is 0.295 e. The fourth-order valence-electron chi connectivity index (χ4n) is 4.65. The highest BCUT2D eigenvalue weighted by Crippen LogP contribution is 2.32. The van der Waals surface area contributed by atoms with Crippen LogP contribution < -0.4 is 15.8 Å². The molecule has 1 aromatic heterocycles. The Morgan fingerprint density at radius 3 is 2.56 bits per heavy atom. The summed E-state index contributed by atoms with van der Waals surface area (Å²) in [5.74, 6) is -0.152. The fourth-order valence-corrected chi connectivity index (χ4v) is 4.65. The third-order valence-corrected chi connectivity index (χ3v) is 6.63. The number of fused-ring (bicyclic) bond motifs is 1. The maximum atomic E-state index is 13.7. The van der Waals surface area contributed by atoms with Crippen molar-refractivity contribution in [1.82, 2.24) is 9.78 Å². The van der Waals surface area contributed by atoms with E-state index in [1.165, 1.54) is 6.07 Å². The highest BCUT2D eigenvalue weighted by molar-refractivity contribution is 5.96. The third kappa shape index (κ3) is 5.14. The normalized spacial score (nSPS) is 13.3. The second-order valence-corrected chi connectivity index (χ2v) is 9.09. The molecule has 0 spiro atoms. The van der Waals surface area contributed by atoms with Crippen molar-refractivity contribution >= 4 is 39.8 Å². The molecule has 0 radical (unpaired) electrons. The first-order valence-electron chi connectivity index (χ1n) is 12.6. The summed E-state index contributed by atoms with van der Waals surface area (Å²) < 4.78 is 6.54. The van der Waals surface area contributed by atoms with Gasteiger partial charge in [0.05, 0.1) is 29.2 Å². The molecule has 1 aliphatic heterocycles. The largest absolute Gasteiger partial charge is 0.378 e. The van der Waals surface area contributed by atoms with Crippen molar-refractivity contribution in [3.63, 3.8) is 0 Å². The summed E-state index contributed by atoms with van der Waals surface area (Å²) >= 11 is 0. The van der Waals surface area contributed by atoms with E-state index in [1.54, 1.807) is 61.5 Å². The Hall–Kier alpha value is -4.83. The van der Waals surface area contributed by atoms with Gasteiger partial charge < -0.3 is 15.0 Å². The molecule has 0 bridgehead atoms. The van der Waals surface area contributed by atoms with Gasteiger partial charge in [0, 0.05) is 47.9 Å². The number of benzene rings is 3. The Bertz CT molecular complexity index is 1660. The van der Waals surface area contributed by atoms with Crippen molar-refractivity contribution in [2.45, 2.75) is 13.3 Å². The second-order valence-electron chi connectivity index (χ2n) is 9.09. The van der Waals surface area contributed by atoms with Crippen molar-refractivity contribution < 1.29 is 14.5 Å². The van der Waals surface area contributed by atoms with E-state index in [1.807, 2.05) is 6.07 Å². The van der Waals surface area contributed by atoms with E-state index in [2.05, 4.69) is 16.8 Å². The van der Waals surface area contributed by atoms with Crippen LogP contribution in [0.3, 0.4) is 0 Å². The van der Waals surface area contributed by atoms with Gasteiger partial charge in [0.15, 0.2) is 0 Å². The number of nitrogens with one attached hydrogen (secondary N) is 1. The summed E-state index contributed by atoms with van der Waals surface area (Å²) in [7, 11) is 0. The molecule has 1 aliphatic rings. The number of hydrogen-bond donors (Lipinski definition) is 1. The van der Waals surface area contributed by atoms with E-state index in [-0.39, 0.29) is 17.3 Å². The summed E-state index contributed by atoms with van der Waals surface area (Å²) in [6, 6.07) is 17.1. The van der Waals surface area contributed by atoms with E-state index in [0.717, 1.165) is 15.9 Å². The lowest BCUT2D eigenvalue weighted by Gasteiger charge is -2.29. The molecule has 1 saturated heterocycles. The highest BCUT2D eigenvalue weighted by atomic mass is 16.6. The fraction of sp³-hybridized carbons (Fsp3) is 0.207. The molecule has 39 heavy (non-hydrogen) atoms. The molecule has 1 fully saturated rings. The second kappa shape index (κ2) is 10.9. The molecule has 10 nitrogen and oxygen atoms in total. The lowest BCUT2D eigenvalue weighted by atomic mass is 10.0. The van der Waals surface area contributed by atoms with Crippen LogP contribution in [-0.2, 0) is 9.53 Å². The number of morpholine rings is 1. The molecule has 0 atom stereocenters. The minimum Gasteiger partial charge on any atom is -0.378 e. The molecule has 3 aromatic carbocycles. The van der Waals surface area contributed by atoms with Gasteiger partial charge in [-0.1, -0.05) is 37.8 Å². The van der Waals surface area contributed by atoms with Crippen molar-refractivity contribution in [2.75, 3.05) is 36.5 Å².